The molecular formula is C18H24IN3O. The van der Waals surface area contributed by atoms with Crippen LogP contribution in [0.4, 0.5) is 0 Å². The maximum Gasteiger partial charge on any atom is 0.191 e. The molecule has 0 radical (unpaired) electrons. The molecule has 0 fully saturated rings. The van der Waals surface area contributed by atoms with E-state index in [1.54, 1.807) is 7.05 Å². The minimum atomic E-state index is 0. The van der Waals surface area contributed by atoms with Gasteiger partial charge in [-0.3, -0.25) is 4.99 Å². The first-order valence-corrected chi connectivity index (χ1v) is 7.48. The summed E-state index contributed by atoms with van der Waals surface area (Å²) < 4.78 is 5.83. The van der Waals surface area contributed by atoms with Gasteiger partial charge in [-0.25, -0.2) is 0 Å². The Labute approximate surface area is 155 Å². The summed E-state index contributed by atoms with van der Waals surface area (Å²) in [6.07, 6.45) is 0.0534. The first-order valence-electron chi connectivity index (χ1n) is 7.48. The molecule has 0 aliphatic heterocycles. The first-order chi connectivity index (χ1) is 10.8. The number of halogens is 1. The smallest absolute Gasteiger partial charge is 0.191 e. The van der Waals surface area contributed by atoms with Gasteiger partial charge in [0.05, 0.1) is 6.54 Å². The van der Waals surface area contributed by atoms with Crippen molar-refractivity contribution in [3.8, 4) is 5.75 Å². The lowest BCUT2D eigenvalue weighted by Crippen LogP contribution is -2.41. The van der Waals surface area contributed by atoms with Gasteiger partial charge in [0.15, 0.2) is 5.96 Å². The van der Waals surface area contributed by atoms with Crippen molar-refractivity contribution >= 4 is 29.9 Å². The highest BCUT2D eigenvalue weighted by molar-refractivity contribution is 14.0. The van der Waals surface area contributed by atoms with Crippen molar-refractivity contribution in [1.29, 1.82) is 0 Å². The number of hydrogen-bond donors (Lipinski definition) is 2. The average Bonchev–Trinajstić information content (AvgIpc) is 2.57. The number of benzene rings is 2. The highest BCUT2D eigenvalue weighted by Gasteiger charge is 2.05. The number of ether oxygens (including phenoxy) is 1. The molecule has 1 unspecified atom stereocenters. The van der Waals surface area contributed by atoms with E-state index >= 15 is 0 Å². The second-order valence-electron chi connectivity index (χ2n) is 5.03. The van der Waals surface area contributed by atoms with E-state index in [1.165, 1.54) is 5.56 Å². The Balaban J connectivity index is 0.00000264. The molecule has 5 heteroatoms. The molecular weight excluding hydrogens is 401 g/mol. The predicted molar refractivity (Wildman–Crippen MR) is 107 cm³/mol. The zero-order valence-corrected chi connectivity index (χ0v) is 15.9. The molecule has 0 aromatic heterocycles. The molecule has 0 aliphatic rings. The molecule has 0 spiro atoms. The zero-order valence-electron chi connectivity index (χ0n) is 13.5. The predicted octanol–water partition coefficient (Wildman–Crippen LogP) is 3.44. The minimum absolute atomic E-state index is 0. The Bertz CT molecular complexity index is 575. The lowest BCUT2D eigenvalue weighted by Gasteiger charge is -2.17. The average molecular weight is 425 g/mol. The summed E-state index contributed by atoms with van der Waals surface area (Å²) in [5.74, 6) is 1.65. The van der Waals surface area contributed by atoms with Crippen LogP contribution >= 0.6 is 24.0 Å². The highest BCUT2D eigenvalue weighted by Crippen LogP contribution is 2.10. The molecule has 0 amide bonds. The third kappa shape index (κ3) is 7.36. The summed E-state index contributed by atoms with van der Waals surface area (Å²) in [5.41, 5.74) is 1.22. The molecule has 124 valence electrons. The standard InChI is InChI=1S/C18H23N3O.HI/c1-15(22-17-11-7-4-8-12-17)13-20-18(19-2)21-14-16-9-5-3-6-10-16;/h3-12,15H,13-14H2,1-2H3,(H2,19,20,21);1H. The van der Waals surface area contributed by atoms with Crippen LogP contribution in [0.3, 0.4) is 0 Å². The molecule has 0 aliphatic carbocycles. The Morgan fingerprint density at radius 3 is 2.22 bits per heavy atom. The Kier molecular flexibility index (Phi) is 9.12. The van der Waals surface area contributed by atoms with Crippen LogP contribution < -0.4 is 15.4 Å². The van der Waals surface area contributed by atoms with Crippen molar-refractivity contribution in [3.63, 3.8) is 0 Å². The maximum absolute atomic E-state index is 5.83. The molecule has 2 aromatic carbocycles. The van der Waals surface area contributed by atoms with Crippen molar-refractivity contribution in [2.75, 3.05) is 13.6 Å². The van der Waals surface area contributed by atoms with Crippen molar-refractivity contribution in [3.05, 3.63) is 66.2 Å². The molecule has 2 rings (SSSR count). The number of para-hydroxylation sites is 1. The Hall–Kier alpha value is -1.76. The van der Waals surface area contributed by atoms with E-state index in [2.05, 4.69) is 27.8 Å². The Morgan fingerprint density at radius 2 is 1.61 bits per heavy atom. The van der Waals surface area contributed by atoms with Crippen LogP contribution in [0.5, 0.6) is 5.75 Å². The quantitative estimate of drug-likeness (QED) is 0.424. The van der Waals surface area contributed by atoms with Crippen LogP contribution in [0.25, 0.3) is 0 Å². The van der Waals surface area contributed by atoms with Gasteiger partial charge in [0, 0.05) is 13.6 Å². The topological polar surface area (TPSA) is 45.7 Å². The van der Waals surface area contributed by atoms with E-state index in [-0.39, 0.29) is 30.1 Å². The molecule has 0 bridgehead atoms. The van der Waals surface area contributed by atoms with Gasteiger partial charge >= 0.3 is 0 Å². The molecule has 4 nitrogen and oxygen atoms in total. The van der Waals surface area contributed by atoms with Crippen LogP contribution in [0, 0.1) is 0 Å². The van der Waals surface area contributed by atoms with Crippen LogP contribution in [0.1, 0.15) is 12.5 Å². The molecule has 23 heavy (non-hydrogen) atoms. The summed E-state index contributed by atoms with van der Waals surface area (Å²) >= 11 is 0. The SMILES string of the molecule is CN=C(NCc1ccccc1)NCC(C)Oc1ccccc1.I. The van der Waals surface area contributed by atoms with Gasteiger partial charge in [-0.05, 0) is 24.6 Å². The second-order valence-corrected chi connectivity index (χ2v) is 5.03. The molecule has 1 atom stereocenters. The van der Waals surface area contributed by atoms with Gasteiger partial charge in [0.25, 0.3) is 0 Å². The van der Waals surface area contributed by atoms with Gasteiger partial charge in [0.1, 0.15) is 11.9 Å². The number of aliphatic imine (C=N–C) groups is 1. The van der Waals surface area contributed by atoms with E-state index in [4.69, 9.17) is 4.74 Å². The zero-order chi connectivity index (χ0) is 15.6. The van der Waals surface area contributed by atoms with E-state index in [9.17, 15) is 0 Å². The van der Waals surface area contributed by atoms with Crippen LogP contribution in [0.15, 0.2) is 65.7 Å². The summed E-state index contributed by atoms with van der Waals surface area (Å²) in [6.45, 7) is 3.46. The van der Waals surface area contributed by atoms with Crippen LogP contribution in [0.2, 0.25) is 0 Å². The number of guanidine groups is 1. The summed E-state index contributed by atoms with van der Waals surface area (Å²) in [7, 11) is 1.77. The van der Waals surface area contributed by atoms with E-state index in [0.717, 1.165) is 18.3 Å². The van der Waals surface area contributed by atoms with Crippen molar-refractivity contribution in [1.82, 2.24) is 10.6 Å². The highest BCUT2D eigenvalue weighted by atomic mass is 127. The number of nitrogens with one attached hydrogen (secondary N) is 2. The van der Waals surface area contributed by atoms with E-state index in [0.29, 0.717) is 6.54 Å². The lowest BCUT2D eigenvalue weighted by atomic mass is 10.2. The number of nitrogens with zero attached hydrogens (tertiary/aromatic N) is 1. The monoisotopic (exact) mass is 425 g/mol. The molecule has 0 saturated carbocycles. The van der Waals surface area contributed by atoms with Crippen molar-refractivity contribution in [2.24, 2.45) is 4.99 Å². The Morgan fingerprint density at radius 1 is 1.00 bits per heavy atom. The van der Waals surface area contributed by atoms with E-state index < -0.39 is 0 Å². The fourth-order valence-corrected chi connectivity index (χ4v) is 2.02. The van der Waals surface area contributed by atoms with Crippen molar-refractivity contribution in [2.45, 2.75) is 19.6 Å². The normalized spacial score (nSPS) is 12.0. The third-order valence-corrected chi connectivity index (χ3v) is 3.16. The first kappa shape index (κ1) is 19.3. The molecule has 2 N–H and O–H groups in total. The molecule has 0 heterocycles. The summed E-state index contributed by atoms with van der Waals surface area (Å²) in [4.78, 5) is 4.22. The molecule has 0 saturated heterocycles. The van der Waals surface area contributed by atoms with Crippen LogP contribution in [-0.2, 0) is 6.54 Å². The second kappa shape index (κ2) is 10.9. The van der Waals surface area contributed by atoms with Gasteiger partial charge in [0.2, 0.25) is 0 Å². The largest absolute Gasteiger partial charge is 0.489 e. The van der Waals surface area contributed by atoms with Gasteiger partial charge in [-0.2, -0.15) is 0 Å². The summed E-state index contributed by atoms with van der Waals surface area (Å²) in [5, 5.41) is 6.56. The number of rotatable bonds is 6. The summed E-state index contributed by atoms with van der Waals surface area (Å²) in [6, 6.07) is 20.1. The lowest BCUT2D eigenvalue weighted by molar-refractivity contribution is 0.224. The fraction of sp³-hybridized carbons (Fsp3) is 0.278. The van der Waals surface area contributed by atoms with Crippen molar-refractivity contribution < 1.29 is 4.74 Å². The molecule has 2 aromatic rings. The minimum Gasteiger partial charge on any atom is -0.489 e. The third-order valence-electron chi connectivity index (χ3n) is 3.16. The maximum atomic E-state index is 5.83. The van der Waals surface area contributed by atoms with E-state index in [1.807, 2.05) is 55.5 Å². The van der Waals surface area contributed by atoms with Crippen LogP contribution in [-0.4, -0.2) is 25.7 Å². The van der Waals surface area contributed by atoms with Gasteiger partial charge in [-0.1, -0.05) is 48.5 Å². The van der Waals surface area contributed by atoms with Gasteiger partial charge < -0.3 is 15.4 Å². The fourth-order valence-electron chi connectivity index (χ4n) is 2.02. The number of hydrogen-bond acceptors (Lipinski definition) is 2. The van der Waals surface area contributed by atoms with Gasteiger partial charge in [-0.15, -0.1) is 24.0 Å².